The lowest BCUT2D eigenvalue weighted by molar-refractivity contribution is 0.108. The molecule has 1 aliphatic heterocycles. The first-order valence-electron chi connectivity index (χ1n) is 8.05. The molecule has 1 aromatic carbocycles. The van der Waals surface area contributed by atoms with E-state index in [0.29, 0.717) is 24.0 Å². The Balaban J connectivity index is 1.54. The number of nitrogens with zero attached hydrogens (tertiary/aromatic N) is 5. The van der Waals surface area contributed by atoms with Gasteiger partial charge in [0.05, 0.1) is 12.1 Å². The molecule has 23 heavy (non-hydrogen) atoms. The van der Waals surface area contributed by atoms with E-state index in [-0.39, 0.29) is 0 Å². The summed E-state index contributed by atoms with van der Waals surface area (Å²) in [5, 5.41) is 13.3. The van der Waals surface area contributed by atoms with E-state index >= 15 is 0 Å². The van der Waals surface area contributed by atoms with Gasteiger partial charge in [-0.25, -0.2) is 4.98 Å². The molecule has 3 rings (SSSR count). The molecule has 6 nitrogen and oxygen atoms in total. The maximum absolute atomic E-state index is 9.10. The van der Waals surface area contributed by atoms with Crippen LogP contribution < -0.4 is 4.74 Å². The SMILES string of the molecule is N#Cc1ccccc1OCCN1CCCC[C@@H]1Cn1cncn1. The zero-order valence-electron chi connectivity index (χ0n) is 13.1. The van der Waals surface area contributed by atoms with Crippen LogP contribution in [-0.4, -0.2) is 45.4 Å². The number of likely N-dealkylation sites (tertiary alicyclic amines) is 1. The quantitative estimate of drug-likeness (QED) is 0.817. The average molecular weight is 311 g/mol. The topological polar surface area (TPSA) is 67.0 Å². The molecule has 0 bridgehead atoms. The van der Waals surface area contributed by atoms with E-state index in [0.717, 1.165) is 19.6 Å². The highest BCUT2D eigenvalue weighted by Gasteiger charge is 2.22. The molecule has 0 radical (unpaired) electrons. The van der Waals surface area contributed by atoms with E-state index in [2.05, 4.69) is 21.1 Å². The van der Waals surface area contributed by atoms with Crippen LogP contribution in [0.5, 0.6) is 5.75 Å². The normalized spacial score (nSPS) is 18.5. The Bertz CT molecular complexity index is 649. The van der Waals surface area contributed by atoms with Crippen LogP contribution in [0.25, 0.3) is 0 Å². The van der Waals surface area contributed by atoms with Crippen molar-refractivity contribution >= 4 is 0 Å². The molecule has 0 amide bonds. The Kier molecular flexibility index (Phi) is 5.22. The second kappa shape index (κ2) is 7.75. The Labute approximate surface area is 136 Å². The molecular formula is C17H21N5O. The number of nitriles is 1. The van der Waals surface area contributed by atoms with Crippen molar-refractivity contribution in [3.63, 3.8) is 0 Å². The molecule has 6 heteroatoms. The largest absolute Gasteiger partial charge is 0.491 e. The fourth-order valence-corrected chi connectivity index (χ4v) is 3.06. The molecule has 0 unspecified atom stereocenters. The summed E-state index contributed by atoms with van der Waals surface area (Å²) < 4.78 is 7.71. The highest BCUT2D eigenvalue weighted by molar-refractivity contribution is 5.42. The van der Waals surface area contributed by atoms with E-state index < -0.39 is 0 Å². The van der Waals surface area contributed by atoms with Gasteiger partial charge in [-0.1, -0.05) is 18.6 Å². The molecule has 2 aromatic rings. The summed E-state index contributed by atoms with van der Waals surface area (Å²) in [5.41, 5.74) is 0.588. The molecule has 1 aliphatic rings. The van der Waals surface area contributed by atoms with Gasteiger partial charge in [-0.15, -0.1) is 0 Å². The fourth-order valence-electron chi connectivity index (χ4n) is 3.06. The molecule has 0 aliphatic carbocycles. The molecule has 0 spiro atoms. The second-order valence-corrected chi connectivity index (χ2v) is 5.76. The van der Waals surface area contributed by atoms with Gasteiger partial charge < -0.3 is 4.74 Å². The number of rotatable bonds is 6. The molecule has 0 saturated carbocycles. The van der Waals surface area contributed by atoms with Crippen molar-refractivity contribution in [2.24, 2.45) is 0 Å². The number of hydrogen-bond donors (Lipinski definition) is 0. The smallest absolute Gasteiger partial charge is 0.137 e. The van der Waals surface area contributed by atoms with E-state index in [4.69, 9.17) is 10.00 Å². The van der Waals surface area contributed by atoms with Gasteiger partial charge in [0.15, 0.2) is 0 Å². The van der Waals surface area contributed by atoms with E-state index in [1.807, 2.05) is 22.9 Å². The minimum absolute atomic E-state index is 0.472. The standard InChI is InChI=1S/C17H21N5O/c18-11-15-5-1-2-7-17(15)23-10-9-21-8-4-3-6-16(21)12-22-14-19-13-20-22/h1-2,5,7,13-14,16H,3-4,6,8-10,12H2/t16-/m1/s1. The first-order valence-corrected chi connectivity index (χ1v) is 8.05. The molecule has 0 N–H and O–H groups in total. The summed E-state index contributed by atoms with van der Waals surface area (Å²) in [5.74, 6) is 0.667. The maximum atomic E-state index is 9.10. The third kappa shape index (κ3) is 4.08. The average Bonchev–Trinajstić information content (AvgIpc) is 3.10. The number of hydrogen-bond acceptors (Lipinski definition) is 5. The highest BCUT2D eigenvalue weighted by atomic mass is 16.5. The predicted molar refractivity (Wildman–Crippen MR) is 85.9 cm³/mol. The van der Waals surface area contributed by atoms with Gasteiger partial charge in [-0.3, -0.25) is 9.58 Å². The second-order valence-electron chi connectivity index (χ2n) is 5.76. The van der Waals surface area contributed by atoms with Crippen molar-refractivity contribution in [1.82, 2.24) is 19.7 Å². The van der Waals surface area contributed by atoms with Crippen molar-refractivity contribution in [2.45, 2.75) is 31.8 Å². The Hall–Kier alpha value is -2.39. The van der Waals surface area contributed by atoms with Crippen molar-refractivity contribution < 1.29 is 4.74 Å². The molecule has 1 atom stereocenters. The lowest BCUT2D eigenvalue weighted by Gasteiger charge is -2.35. The zero-order chi connectivity index (χ0) is 15.9. The summed E-state index contributed by atoms with van der Waals surface area (Å²) in [4.78, 5) is 6.47. The van der Waals surface area contributed by atoms with Gasteiger partial charge in [0.1, 0.15) is 31.1 Å². The molecule has 1 aromatic heterocycles. The van der Waals surface area contributed by atoms with Crippen molar-refractivity contribution in [1.29, 1.82) is 5.26 Å². The summed E-state index contributed by atoms with van der Waals surface area (Å²) >= 11 is 0. The van der Waals surface area contributed by atoms with Gasteiger partial charge in [0.2, 0.25) is 0 Å². The molecule has 2 heterocycles. The minimum atomic E-state index is 0.472. The Morgan fingerprint density at radius 2 is 2.22 bits per heavy atom. The van der Waals surface area contributed by atoms with Crippen molar-refractivity contribution in [2.75, 3.05) is 19.7 Å². The van der Waals surface area contributed by atoms with Crippen LogP contribution in [0.15, 0.2) is 36.9 Å². The van der Waals surface area contributed by atoms with Gasteiger partial charge in [0.25, 0.3) is 0 Å². The maximum Gasteiger partial charge on any atom is 0.137 e. The van der Waals surface area contributed by atoms with Crippen LogP contribution in [0.3, 0.4) is 0 Å². The van der Waals surface area contributed by atoms with Gasteiger partial charge in [-0.05, 0) is 31.5 Å². The summed E-state index contributed by atoms with van der Waals surface area (Å²) in [6.45, 7) is 3.41. The fraction of sp³-hybridized carbons (Fsp3) is 0.471. The highest BCUT2D eigenvalue weighted by Crippen LogP contribution is 2.19. The lowest BCUT2D eigenvalue weighted by atomic mass is 10.0. The summed E-state index contributed by atoms with van der Waals surface area (Å²) in [6.07, 6.45) is 7.01. The molecule has 1 fully saturated rings. The van der Waals surface area contributed by atoms with Crippen molar-refractivity contribution in [3.05, 3.63) is 42.5 Å². The minimum Gasteiger partial charge on any atom is -0.491 e. The Morgan fingerprint density at radius 1 is 1.30 bits per heavy atom. The number of piperidine rings is 1. The van der Waals surface area contributed by atoms with Gasteiger partial charge >= 0.3 is 0 Å². The van der Waals surface area contributed by atoms with E-state index in [1.54, 1.807) is 18.7 Å². The van der Waals surface area contributed by atoms with Crippen LogP contribution >= 0.6 is 0 Å². The van der Waals surface area contributed by atoms with Crippen LogP contribution in [-0.2, 0) is 6.54 Å². The van der Waals surface area contributed by atoms with Crippen LogP contribution in [0.4, 0.5) is 0 Å². The number of para-hydroxylation sites is 1. The molecular weight excluding hydrogens is 290 g/mol. The monoisotopic (exact) mass is 311 g/mol. The molecule has 1 saturated heterocycles. The number of aromatic nitrogens is 3. The first kappa shape index (κ1) is 15.5. The van der Waals surface area contributed by atoms with Crippen molar-refractivity contribution in [3.8, 4) is 11.8 Å². The predicted octanol–water partition coefficient (Wildman–Crippen LogP) is 2.08. The Morgan fingerprint density at radius 3 is 3.04 bits per heavy atom. The molecule has 120 valence electrons. The summed E-state index contributed by atoms with van der Waals surface area (Å²) in [6, 6.07) is 10.0. The third-order valence-corrected chi connectivity index (χ3v) is 4.26. The zero-order valence-corrected chi connectivity index (χ0v) is 13.1. The third-order valence-electron chi connectivity index (χ3n) is 4.26. The summed E-state index contributed by atoms with van der Waals surface area (Å²) in [7, 11) is 0. The van der Waals surface area contributed by atoms with E-state index in [1.165, 1.54) is 19.3 Å². The van der Waals surface area contributed by atoms with Crippen LogP contribution in [0.2, 0.25) is 0 Å². The number of benzene rings is 1. The number of ether oxygens (including phenoxy) is 1. The lowest BCUT2D eigenvalue weighted by Crippen LogP contribution is -2.44. The first-order chi connectivity index (χ1) is 11.4. The van der Waals surface area contributed by atoms with Crippen LogP contribution in [0.1, 0.15) is 24.8 Å². The van der Waals surface area contributed by atoms with E-state index in [9.17, 15) is 0 Å². The van der Waals surface area contributed by atoms with Crippen LogP contribution in [0, 0.1) is 11.3 Å². The van der Waals surface area contributed by atoms with Gasteiger partial charge in [-0.2, -0.15) is 10.4 Å². The van der Waals surface area contributed by atoms with Gasteiger partial charge in [0, 0.05) is 12.6 Å².